The predicted molar refractivity (Wildman–Crippen MR) is 65.0 cm³/mol. The molecule has 2 aromatic rings. The van der Waals surface area contributed by atoms with Crippen LogP contribution < -0.4 is 4.74 Å². The van der Waals surface area contributed by atoms with Crippen molar-refractivity contribution in [3.63, 3.8) is 0 Å². The molecule has 0 saturated carbocycles. The van der Waals surface area contributed by atoms with E-state index in [0.717, 1.165) is 5.56 Å². The number of hydrogen-bond acceptors (Lipinski definition) is 4. The summed E-state index contributed by atoms with van der Waals surface area (Å²) in [7, 11) is 0. The van der Waals surface area contributed by atoms with Gasteiger partial charge >= 0.3 is 5.97 Å². The summed E-state index contributed by atoms with van der Waals surface area (Å²) in [5.74, 6) is -0.195. The Bertz CT molecular complexity index is 579. The van der Waals surface area contributed by atoms with Crippen molar-refractivity contribution < 1.29 is 14.6 Å². The first kappa shape index (κ1) is 12.0. The van der Waals surface area contributed by atoms with Gasteiger partial charge in [0, 0.05) is 0 Å². The molecule has 0 amide bonds. The van der Waals surface area contributed by atoms with Gasteiger partial charge in [0.15, 0.2) is 5.69 Å². The molecule has 0 aliphatic heterocycles. The largest absolute Gasteiger partial charge is 0.476 e. The van der Waals surface area contributed by atoms with Crippen LogP contribution in [0.25, 0.3) is 0 Å². The lowest BCUT2D eigenvalue weighted by Crippen LogP contribution is -2.01. The summed E-state index contributed by atoms with van der Waals surface area (Å²) in [5.41, 5.74) is 2.18. The molecule has 1 N–H and O–H groups in total. The molecule has 5 nitrogen and oxygen atoms in total. The van der Waals surface area contributed by atoms with Gasteiger partial charge in [-0.15, -0.1) is 0 Å². The van der Waals surface area contributed by atoms with Crippen molar-refractivity contribution in [2.75, 3.05) is 0 Å². The van der Waals surface area contributed by atoms with Crippen molar-refractivity contribution >= 4 is 5.97 Å². The van der Waals surface area contributed by atoms with E-state index in [2.05, 4.69) is 9.97 Å². The Morgan fingerprint density at radius 2 is 1.94 bits per heavy atom. The summed E-state index contributed by atoms with van der Waals surface area (Å²) in [6, 6.07) is 5.67. The molecule has 1 aromatic heterocycles. The normalized spacial score (nSPS) is 10.1. The molecule has 0 aliphatic rings. The fourth-order valence-electron chi connectivity index (χ4n) is 1.38. The van der Waals surface area contributed by atoms with Crippen molar-refractivity contribution in [2.45, 2.75) is 13.8 Å². The average molecular weight is 244 g/mol. The highest BCUT2D eigenvalue weighted by Gasteiger charge is 2.06. The summed E-state index contributed by atoms with van der Waals surface area (Å²) >= 11 is 0. The third kappa shape index (κ3) is 2.63. The van der Waals surface area contributed by atoms with Crippen LogP contribution in [-0.2, 0) is 0 Å². The molecule has 2 rings (SSSR count). The molecule has 1 aromatic carbocycles. The maximum absolute atomic E-state index is 10.6. The highest BCUT2D eigenvalue weighted by atomic mass is 16.5. The maximum atomic E-state index is 10.6. The molecular weight excluding hydrogens is 232 g/mol. The van der Waals surface area contributed by atoms with Gasteiger partial charge in [-0.05, 0) is 37.1 Å². The van der Waals surface area contributed by atoms with Crippen LogP contribution in [0.4, 0.5) is 0 Å². The van der Waals surface area contributed by atoms with Crippen LogP contribution in [0.15, 0.2) is 30.6 Å². The fourth-order valence-corrected chi connectivity index (χ4v) is 1.38. The highest BCUT2D eigenvalue weighted by molar-refractivity contribution is 5.84. The third-order valence-corrected chi connectivity index (χ3v) is 2.55. The van der Waals surface area contributed by atoms with E-state index in [1.807, 2.05) is 32.0 Å². The van der Waals surface area contributed by atoms with Gasteiger partial charge in [-0.1, -0.05) is 6.07 Å². The van der Waals surface area contributed by atoms with Gasteiger partial charge in [0.1, 0.15) is 5.75 Å². The molecule has 0 aliphatic carbocycles. The van der Waals surface area contributed by atoms with E-state index in [9.17, 15) is 4.79 Å². The number of benzene rings is 1. The number of aromatic carboxylic acids is 1. The van der Waals surface area contributed by atoms with Gasteiger partial charge < -0.3 is 9.84 Å². The van der Waals surface area contributed by atoms with Crippen LogP contribution in [0.1, 0.15) is 21.6 Å². The number of aryl methyl sites for hydroxylation is 2. The van der Waals surface area contributed by atoms with E-state index in [1.54, 1.807) is 0 Å². The first-order valence-corrected chi connectivity index (χ1v) is 5.36. The van der Waals surface area contributed by atoms with Gasteiger partial charge in [-0.2, -0.15) is 0 Å². The number of aromatic nitrogens is 2. The van der Waals surface area contributed by atoms with Crippen LogP contribution in [0.5, 0.6) is 11.6 Å². The minimum atomic E-state index is -1.11. The van der Waals surface area contributed by atoms with Gasteiger partial charge in [0.05, 0.1) is 12.4 Å². The number of carbonyl (C=O) groups is 1. The summed E-state index contributed by atoms with van der Waals surface area (Å²) in [4.78, 5) is 18.2. The summed E-state index contributed by atoms with van der Waals surface area (Å²) < 4.78 is 5.48. The van der Waals surface area contributed by atoms with Crippen LogP contribution in [-0.4, -0.2) is 21.0 Å². The van der Waals surface area contributed by atoms with E-state index < -0.39 is 5.97 Å². The monoisotopic (exact) mass is 244 g/mol. The van der Waals surface area contributed by atoms with Crippen molar-refractivity contribution in [2.24, 2.45) is 0 Å². The molecule has 0 radical (unpaired) electrons. The zero-order chi connectivity index (χ0) is 13.1. The SMILES string of the molecule is Cc1ccc(Oc2cnc(C(=O)O)cn2)cc1C. The van der Waals surface area contributed by atoms with E-state index >= 15 is 0 Å². The first-order chi connectivity index (χ1) is 8.56. The number of nitrogens with zero attached hydrogens (tertiary/aromatic N) is 2. The molecule has 18 heavy (non-hydrogen) atoms. The molecule has 0 fully saturated rings. The molecule has 92 valence electrons. The zero-order valence-electron chi connectivity index (χ0n) is 10.0. The van der Waals surface area contributed by atoms with E-state index in [4.69, 9.17) is 9.84 Å². The van der Waals surface area contributed by atoms with Crippen LogP contribution in [0, 0.1) is 13.8 Å². The molecular formula is C13H12N2O3. The average Bonchev–Trinajstić information content (AvgIpc) is 2.34. The summed E-state index contributed by atoms with van der Waals surface area (Å²) in [5, 5.41) is 8.69. The Morgan fingerprint density at radius 3 is 2.50 bits per heavy atom. The van der Waals surface area contributed by atoms with Crippen molar-refractivity contribution in [3.05, 3.63) is 47.4 Å². The lowest BCUT2D eigenvalue weighted by molar-refractivity contribution is 0.0690. The molecule has 5 heteroatoms. The lowest BCUT2D eigenvalue weighted by atomic mass is 10.1. The Hall–Kier alpha value is -2.43. The van der Waals surface area contributed by atoms with Crippen molar-refractivity contribution in [3.8, 4) is 11.6 Å². The van der Waals surface area contributed by atoms with E-state index in [0.29, 0.717) is 5.75 Å². The van der Waals surface area contributed by atoms with Gasteiger partial charge in [-0.3, -0.25) is 0 Å². The van der Waals surface area contributed by atoms with Crippen LogP contribution in [0.2, 0.25) is 0 Å². The Labute approximate surface area is 104 Å². The highest BCUT2D eigenvalue weighted by Crippen LogP contribution is 2.21. The molecule has 0 atom stereocenters. The maximum Gasteiger partial charge on any atom is 0.356 e. The third-order valence-electron chi connectivity index (χ3n) is 2.55. The molecule has 0 saturated heterocycles. The van der Waals surface area contributed by atoms with Gasteiger partial charge in [0.25, 0.3) is 0 Å². The second-order valence-electron chi connectivity index (χ2n) is 3.89. The van der Waals surface area contributed by atoms with Gasteiger partial charge in [0.2, 0.25) is 5.88 Å². The molecule has 0 bridgehead atoms. The van der Waals surface area contributed by atoms with Crippen molar-refractivity contribution in [1.29, 1.82) is 0 Å². The minimum Gasteiger partial charge on any atom is -0.476 e. The summed E-state index contributed by atoms with van der Waals surface area (Å²) in [6.07, 6.45) is 2.46. The van der Waals surface area contributed by atoms with E-state index in [1.165, 1.54) is 18.0 Å². The van der Waals surface area contributed by atoms with Crippen LogP contribution in [0.3, 0.4) is 0 Å². The van der Waals surface area contributed by atoms with Crippen molar-refractivity contribution in [1.82, 2.24) is 9.97 Å². The zero-order valence-corrected chi connectivity index (χ0v) is 10.0. The number of ether oxygens (including phenoxy) is 1. The first-order valence-electron chi connectivity index (χ1n) is 5.36. The number of hydrogen-bond donors (Lipinski definition) is 1. The number of carboxylic acid groups (broad SMARTS) is 1. The topological polar surface area (TPSA) is 72.3 Å². The minimum absolute atomic E-state index is 0.109. The second kappa shape index (κ2) is 4.83. The quantitative estimate of drug-likeness (QED) is 0.898. The predicted octanol–water partition coefficient (Wildman–Crippen LogP) is 2.58. The van der Waals surface area contributed by atoms with Gasteiger partial charge in [-0.25, -0.2) is 14.8 Å². The van der Waals surface area contributed by atoms with Crippen LogP contribution >= 0.6 is 0 Å². The number of rotatable bonds is 3. The Balaban J connectivity index is 2.18. The van der Waals surface area contributed by atoms with E-state index in [-0.39, 0.29) is 11.6 Å². The fraction of sp³-hybridized carbons (Fsp3) is 0.154. The summed E-state index contributed by atoms with van der Waals surface area (Å²) in [6.45, 7) is 4.00. The molecule has 0 spiro atoms. The molecule has 0 unspecified atom stereocenters. The Kier molecular flexibility index (Phi) is 3.23. The molecule has 1 heterocycles. The lowest BCUT2D eigenvalue weighted by Gasteiger charge is -2.06. The standard InChI is InChI=1S/C13H12N2O3/c1-8-3-4-10(5-9(8)2)18-12-7-14-11(6-15-12)13(16)17/h3-7H,1-2H3,(H,16,17). The smallest absolute Gasteiger partial charge is 0.356 e. The Morgan fingerprint density at radius 1 is 1.17 bits per heavy atom. The second-order valence-corrected chi connectivity index (χ2v) is 3.89. The number of carboxylic acids is 1.